The van der Waals surface area contributed by atoms with Gasteiger partial charge in [0.15, 0.2) is 5.82 Å². The van der Waals surface area contributed by atoms with Crippen LogP contribution in [0, 0.1) is 13.8 Å². The highest BCUT2D eigenvalue weighted by Gasteiger charge is 2.11. The zero-order chi connectivity index (χ0) is 18.7. The minimum atomic E-state index is -0.322. The molecule has 0 saturated carbocycles. The third-order valence-corrected chi connectivity index (χ3v) is 4.05. The van der Waals surface area contributed by atoms with Crippen LogP contribution in [0.1, 0.15) is 21.7 Å². The Balaban J connectivity index is 1.74. The molecule has 134 valence electrons. The van der Waals surface area contributed by atoms with E-state index in [9.17, 15) is 4.79 Å². The van der Waals surface area contributed by atoms with Gasteiger partial charge in [-0.1, -0.05) is 16.8 Å². The molecular weight excluding hydrogens is 356 g/mol. The number of carbonyl (C=O) groups excluding carboxylic acids is 1. The molecule has 0 aliphatic heterocycles. The summed E-state index contributed by atoms with van der Waals surface area (Å²) in [6.07, 6.45) is 1.47. The maximum absolute atomic E-state index is 12.2. The molecule has 0 spiro atoms. The van der Waals surface area contributed by atoms with Crippen LogP contribution in [0.15, 0.2) is 41.1 Å². The molecule has 0 bridgehead atoms. The average molecular weight is 373 g/mol. The maximum Gasteiger partial charge on any atom is 0.258 e. The molecule has 0 unspecified atom stereocenters. The van der Waals surface area contributed by atoms with Crippen molar-refractivity contribution in [1.29, 1.82) is 0 Å². The van der Waals surface area contributed by atoms with Crippen LogP contribution in [0.4, 0.5) is 17.3 Å². The summed E-state index contributed by atoms with van der Waals surface area (Å²) in [7, 11) is 1.57. The van der Waals surface area contributed by atoms with Crippen LogP contribution in [-0.4, -0.2) is 23.2 Å². The van der Waals surface area contributed by atoms with Gasteiger partial charge in [-0.05, 0) is 37.6 Å². The van der Waals surface area contributed by atoms with Crippen molar-refractivity contribution in [2.45, 2.75) is 13.8 Å². The minimum Gasteiger partial charge on any atom is -0.495 e. The number of pyridine rings is 1. The summed E-state index contributed by atoms with van der Waals surface area (Å²) in [6.45, 7) is 3.65. The number of anilines is 3. The van der Waals surface area contributed by atoms with Crippen LogP contribution in [-0.2, 0) is 0 Å². The van der Waals surface area contributed by atoms with E-state index in [1.807, 2.05) is 13.0 Å². The average Bonchev–Trinajstić information content (AvgIpc) is 3.03. The van der Waals surface area contributed by atoms with Crippen molar-refractivity contribution in [2.75, 3.05) is 17.7 Å². The number of benzene rings is 1. The molecule has 3 aromatic rings. The summed E-state index contributed by atoms with van der Waals surface area (Å²) in [6, 6.07) is 8.60. The number of hydrogen-bond acceptors (Lipinski definition) is 6. The maximum atomic E-state index is 12.2. The fourth-order valence-electron chi connectivity index (χ4n) is 2.28. The summed E-state index contributed by atoms with van der Waals surface area (Å²) in [5.74, 6) is 1.82. The molecule has 8 heteroatoms. The molecule has 3 rings (SSSR count). The highest BCUT2D eigenvalue weighted by molar-refractivity contribution is 6.31. The van der Waals surface area contributed by atoms with Gasteiger partial charge in [0, 0.05) is 23.4 Å². The Hall–Kier alpha value is -3.06. The summed E-state index contributed by atoms with van der Waals surface area (Å²) < 4.78 is 10.2. The standard InChI is InChI=1S/C18H17ClN4O3/c1-10-6-14(15(25-3)8-13(10)19)21-16-5-4-12(9-20-16)18(24)22-17-7-11(2)26-23-17/h4-9H,1-3H3,(H,20,21)(H,22,23,24). The number of rotatable bonds is 5. The molecular formula is C18H17ClN4O3. The van der Waals surface area contributed by atoms with E-state index >= 15 is 0 Å². The van der Waals surface area contributed by atoms with Crippen molar-refractivity contribution >= 4 is 34.8 Å². The molecule has 7 nitrogen and oxygen atoms in total. The summed E-state index contributed by atoms with van der Waals surface area (Å²) >= 11 is 6.11. The Bertz CT molecular complexity index is 938. The number of aryl methyl sites for hydroxylation is 2. The number of ether oxygens (including phenoxy) is 1. The lowest BCUT2D eigenvalue weighted by atomic mass is 10.2. The Morgan fingerprint density at radius 1 is 1.19 bits per heavy atom. The number of halogens is 1. The van der Waals surface area contributed by atoms with Gasteiger partial charge in [-0.3, -0.25) is 4.79 Å². The summed E-state index contributed by atoms with van der Waals surface area (Å²) in [5.41, 5.74) is 2.04. The van der Waals surface area contributed by atoms with Crippen molar-refractivity contribution in [2.24, 2.45) is 0 Å². The first kappa shape index (κ1) is 17.8. The van der Waals surface area contributed by atoms with E-state index in [1.54, 1.807) is 38.3 Å². The number of methoxy groups -OCH3 is 1. The van der Waals surface area contributed by atoms with E-state index in [-0.39, 0.29) is 5.91 Å². The lowest BCUT2D eigenvalue weighted by molar-refractivity contribution is 0.102. The summed E-state index contributed by atoms with van der Waals surface area (Å²) in [4.78, 5) is 16.5. The number of carbonyl (C=O) groups is 1. The van der Waals surface area contributed by atoms with Gasteiger partial charge in [0.1, 0.15) is 17.3 Å². The first-order chi connectivity index (χ1) is 12.5. The number of nitrogens with zero attached hydrogens (tertiary/aromatic N) is 2. The molecule has 1 aromatic carbocycles. The predicted octanol–water partition coefficient (Wildman–Crippen LogP) is 4.34. The lowest BCUT2D eigenvalue weighted by Crippen LogP contribution is -2.12. The van der Waals surface area contributed by atoms with Gasteiger partial charge < -0.3 is 19.9 Å². The number of aromatic nitrogens is 2. The van der Waals surface area contributed by atoms with Gasteiger partial charge in [-0.15, -0.1) is 0 Å². The van der Waals surface area contributed by atoms with Crippen molar-refractivity contribution in [3.8, 4) is 5.75 Å². The van der Waals surface area contributed by atoms with Crippen LogP contribution >= 0.6 is 11.6 Å². The van der Waals surface area contributed by atoms with Crippen LogP contribution in [0.2, 0.25) is 5.02 Å². The Kier molecular flexibility index (Phi) is 5.09. The van der Waals surface area contributed by atoms with Crippen molar-refractivity contribution in [3.63, 3.8) is 0 Å². The smallest absolute Gasteiger partial charge is 0.258 e. The first-order valence-electron chi connectivity index (χ1n) is 7.78. The minimum absolute atomic E-state index is 0.322. The second-order valence-corrected chi connectivity index (χ2v) is 6.04. The van der Waals surface area contributed by atoms with Crippen LogP contribution < -0.4 is 15.4 Å². The topological polar surface area (TPSA) is 89.3 Å². The third-order valence-electron chi connectivity index (χ3n) is 3.64. The second kappa shape index (κ2) is 7.45. The molecule has 1 amide bonds. The molecule has 2 aromatic heterocycles. The van der Waals surface area contributed by atoms with E-state index in [0.717, 1.165) is 11.3 Å². The van der Waals surface area contributed by atoms with Gasteiger partial charge in [0.05, 0.1) is 18.4 Å². The number of amides is 1. The van der Waals surface area contributed by atoms with E-state index in [4.69, 9.17) is 20.9 Å². The number of nitrogens with one attached hydrogen (secondary N) is 2. The first-order valence-corrected chi connectivity index (χ1v) is 8.16. The predicted molar refractivity (Wildman–Crippen MR) is 99.5 cm³/mol. The zero-order valence-corrected chi connectivity index (χ0v) is 15.2. The fourth-order valence-corrected chi connectivity index (χ4v) is 2.44. The Morgan fingerprint density at radius 2 is 2.00 bits per heavy atom. The molecule has 0 aliphatic rings. The van der Waals surface area contributed by atoms with E-state index in [1.165, 1.54) is 6.20 Å². The molecule has 2 heterocycles. The molecule has 0 aliphatic carbocycles. The zero-order valence-electron chi connectivity index (χ0n) is 14.5. The SMILES string of the molecule is COc1cc(Cl)c(C)cc1Nc1ccc(C(=O)Nc2cc(C)on2)cn1. The van der Waals surface area contributed by atoms with Crippen LogP contribution in [0.5, 0.6) is 5.75 Å². The van der Waals surface area contributed by atoms with Gasteiger partial charge in [-0.2, -0.15) is 0 Å². The highest BCUT2D eigenvalue weighted by atomic mass is 35.5. The quantitative estimate of drug-likeness (QED) is 0.692. The van der Waals surface area contributed by atoms with Crippen LogP contribution in [0.3, 0.4) is 0 Å². The van der Waals surface area contributed by atoms with E-state index < -0.39 is 0 Å². The molecule has 0 saturated heterocycles. The number of hydrogen-bond donors (Lipinski definition) is 2. The largest absolute Gasteiger partial charge is 0.495 e. The second-order valence-electron chi connectivity index (χ2n) is 5.64. The van der Waals surface area contributed by atoms with E-state index in [2.05, 4.69) is 20.8 Å². The fraction of sp³-hybridized carbons (Fsp3) is 0.167. The molecule has 0 atom stereocenters. The van der Waals surface area contributed by atoms with Crippen molar-refractivity contribution in [1.82, 2.24) is 10.1 Å². The van der Waals surface area contributed by atoms with E-state index in [0.29, 0.717) is 33.7 Å². The van der Waals surface area contributed by atoms with Gasteiger partial charge in [0.2, 0.25) is 0 Å². The normalized spacial score (nSPS) is 10.5. The molecule has 26 heavy (non-hydrogen) atoms. The monoisotopic (exact) mass is 372 g/mol. The lowest BCUT2D eigenvalue weighted by Gasteiger charge is -2.13. The molecule has 0 radical (unpaired) electrons. The van der Waals surface area contributed by atoms with Gasteiger partial charge >= 0.3 is 0 Å². The molecule has 2 N–H and O–H groups in total. The van der Waals surface area contributed by atoms with Crippen molar-refractivity contribution in [3.05, 3.63) is 58.4 Å². The van der Waals surface area contributed by atoms with Gasteiger partial charge in [-0.25, -0.2) is 4.98 Å². The van der Waals surface area contributed by atoms with Crippen LogP contribution in [0.25, 0.3) is 0 Å². The highest BCUT2D eigenvalue weighted by Crippen LogP contribution is 2.32. The molecule has 0 fully saturated rings. The van der Waals surface area contributed by atoms with Crippen molar-refractivity contribution < 1.29 is 14.1 Å². The Morgan fingerprint density at radius 3 is 2.62 bits per heavy atom. The third kappa shape index (κ3) is 3.94. The Labute approximate surface area is 155 Å². The summed E-state index contributed by atoms with van der Waals surface area (Å²) in [5, 5.41) is 10.1. The van der Waals surface area contributed by atoms with Gasteiger partial charge in [0.25, 0.3) is 5.91 Å².